The molecule has 1 fully saturated rings. The largest absolute Gasteiger partial charge is 0.445 e. The molecule has 2 rings (SSSR count). The molecular weight excluding hydrogens is 252 g/mol. The molecule has 0 aromatic heterocycles. The highest BCUT2D eigenvalue weighted by atomic mass is 16.5. The molecule has 1 saturated carbocycles. The van der Waals surface area contributed by atoms with E-state index in [1.807, 2.05) is 18.2 Å². The number of benzene rings is 1. The molecule has 106 valence electrons. The number of ether oxygens (including phenoxy) is 1. The molecule has 1 aromatic rings. The fourth-order valence-corrected chi connectivity index (χ4v) is 2.58. The number of aliphatic hydroxyl groups is 1. The summed E-state index contributed by atoms with van der Waals surface area (Å²) in [5.41, 5.74) is 0.541. The first-order valence-corrected chi connectivity index (χ1v) is 7.16. The minimum Gasteiger partial charge on any atom is -0.445 e. The molecule has 1 N–H and O–H groups in total. The van der Waals surface area contributed by atoms with Gasteiger partial charge < -0.3 is 9.84 Å². The van der Waals surface area contributed by atoms with Crippen LogP contribution in [0.4, 0.5) is 0 Å². The van der Waals surface area contributed by atoms with Gasteiger partial charge in [0, 0.05) is 5.92 Å². The van der Waals surface area contributed by atoms with Crippen molar-refractivity contribution in [2.45, 2.75) is 38.2 Å². The van der Waals surface area contributed by atoms with Crippen LogP contribution in [0.25, 0.3) is 0 Å². The molecule has 0 heterocycles. The van der Waals surface area contributed by atoms with Gasteiger partial charge in [-0.2, -0.15) is 0 Å². The Balaban J connectivity index is 2.05. The third-order valence-electron chi connectivity index (χ3n) is 3.64. The summed E-state index contributed by atoms with van der Waals surface area (Å²) in [6.07, 6.45) is 5.22. The molecule has 1 atom stereocenters. The maximum atomic E-state index is 12.1. The minimum atomic E-state index is -0.407. The van der Waals surface area contributed by atoms with Crippen LogP contribution in [0.2, 0.25) is 0 Å². The predicted octanol–water partition coefficient (Wildman–Crippen LogP) is 2.79. The van der Waals surface area contributed by atoms with E-state index in [1.165, 1.54) is 6.42 Å². The Morgan fingerprint density at radius 3 is 2.60 bits per heavy atom. The smallest absolute Gasteiger partial charge is 0.339 e. The number of carbonyl (C=O) groups excluding carboxylic acids is 1. The van der Waals surface area contributed by atoms with Gasteiger partial charge in [-0.25, -0.2) is 4.79 Å². The van der Waals surface area contributed by atoms with Crippen LogP contribution in [0.5, 0.6) is 0 Å². The molecule has 1 aliphatic rings. The summed E-state index contributed by atoms with van der Waals surface area (Å²) in [5.74, 6) is 5.48. The predicted molar refractivity (Wildman–Crippen MR) is 77.1 cm³/mol. The van der Waals surface area contributed by atoms with Gasteiger partial charge in [-0.1, -0.05) is 49.3 Å². The van der Waals surface area contributed by atoms with Gasteiger partial charge in [0.15, 0.2) is 6.10 Å². The highest BCUT2D eigenvalue weighted by molar-refractivity contribution is 5.89. The number of hydrogen-bond donors (Lipinski definition) is 1. The highest BCUT2D eigenvalue weighted by Gasteiger charge is 2.25. The van der Waals surface area contributed by atoms with Crippen molar-refractivity contribution in [2.24, 2.45) is 5.92 Å². The van der Waals surface area contributed by atoms with Crippen molar-refractivity contribution in [3.8, 4) is 11.8 Å². The first-order chi connectivity index (χ1) is 9.81. The lowest BCUT2D eigenvalue weighted by Gasteiger charge is -2.26. The summed E-state index contributed by atoms with van der Waals surface area (Å²) in [7, 11) is 0. The van der Waals surface area contributed by atoms with Crippen LogP contribution < -0.4 is 0 Å². The van der Waals surface area contributed by atoms with Crippen LogP contribution in [0.1, 0.15) is 42.5 Å². The SMILES string of the molecule is O=C(OC(C#CCO)C1CCCCC1)c1ccccc1. The zero-order valence-electron chi connectivity index (χ0n) is 11.5. The van der Waals surface area contributed by atoms with E-state index in [2.05, 4.69) is 11.8 Å². The fraction of sp³-hybridized carbons (Fsp3) is 0.471. The average molecular weight is 272 g/mol. The van der Waals surface area contributed by atoms with Gasteiger partial charge in [-0.15, -0.1) is 0 Å². The van der Waals surface area contributed by atoms with E-state index in [4.69, 9.17) is 9.84 Å². The molecule has 0 radical (unpaired) electrons. The highest BCUT2D eigenvalue weighted by Crippen LogP contribution is 2.28. The van der Waals surface area contributed by atoms with E-state index < -0.39 is 6.10 Å². The number of hydrogen-bond acceptors (Lipinski definition) is 3. The Kier molecular flexibility index (Phi) is 5.64. The molecule has 0 bridgehead atoms. The molecule has 0 aliphatic heterocycles. The monoisotopic (exact) mass is 272 g/mol. The molecule has 3 heteroatoms. The normalized spacial score (nSPS) is 16.9. The molecule has 1 aromatic carbocycles. The molecule has 0 amide bonds. The quantitative estimate of drug-likeness (QED) is 0.680. The second-order valence-corrected chi connectivity index (χ2v) is 5.07. The molecule has 1 unspecified atom stereocenters. The zero-order chi connectivity index (χ0) is 14.2. The van der Waals surface area contributed by atoms with Crippen LogP contribution >= 0.6 is 0 Å². The molecule has 20 heavy (non-hydrogen) atoms. The Labute approximate surface area is 120 Å². The standard InChI is InChI=1S/C17H20O3/c18-13-7-12-16(14-8-3-1-4-9-14)20-17(19)15-10-5-2-6-11-15/h2,5-6,10-11,14,16,18H,1,3-4,8-9,13H2. The summed E-state index contributed by atoms with van der Waals surface area (Å²) in [6.45, 7) is -0.202. The summed E-state index contributed by atoms with van der Waals surface area (Å²) in [4.78, 5) is 12.1. The molecule has 1 aliphatic carbocycles. The van der Waals surface area contributed by atoms with Crippen molar-refractivity contribution in [2.75, 3.05) is 6.61 Å². The van der Waals surface area contributed by atoms with Crippen molar-refractivity contribution in [3.63, 3.8) is 0 Å². The Bertz CT molecular complexity index is 478. The van der Waals surface area contributed by atoms with Crippen molar-refractivity contribution >= 4 is 5.97 Å². The van der Waals surface area contributed by atoms with Crippen LogP contribution in [-0.2, 0) is 4.74 Å². The number of aliphatic hydroxyl groups excluding tert-OH is 1. The number of carbonyl (C=O) groups is 1. The average Bonchev–Trinajstić information content (AvgIpc) is 2.53. The first-order valence-electron chi connectivity index (χ1n) is 7.16. The molecule has 0 spiro atoms. The topological polar surface area (TPSA) is 46.5 Å². The third kappa shape index (κ3) is 4.11. The van der Waals surface area contributed by atoms with Crippen LogP contribution in [0.3, 0.4) is 0 Å². The van der Waals surface area contributed by atoms with Crippen molar-refractivity contribution < 1.29 is 14.6 Å². The van der Waals surface area contributed by atoms with Gasteiger partial charge in [0.1, 0.15) is 6.61 Å². The fourth-order valence-electron chi connectivity index (χ4n) is 2.58. The zero-order valence-corrected chi connectivity index (χ0v) is 11.5. The van der Waals surface area contributed by atoms with E-state index in [1.54, 1.807) is 12.1 Å². The van der Waals surface area contributed by atoms with Gasteiger partial charge >= 0.3 is 5.97 Å². The molecular formula is C17H20O3. The number of rotatable bonds is 3. The second kappa shape index (κ2) is 7.72. The van der Waals surface area contributed by atoms with Gasteiger partial charge in [-0.3, -0.25) is 0 Å². The minimum absolute atomic E-state index is 0.202. The Hall–Kier alpha value is -1.79. The lowest BCUT2D eigenvalue weighted by molar-refractivity contribution is 0.0251. The summed E-state index contributed by atoms with van der Waals surface area (Å²) in [5, 5.41) is 8.85. The van der Waals surface area contributed by atoms with Gasteiger partial charge in [0.25, 0.3) is 0 Å². The third-order valence-corrected chi connectivity index (χ3v) is 3.64. The summed E-state index contributed by atoms with van der Waals surface area (Å²) in [6, 6.07) is 8.96. The van der Waals surface area contributed by atoms with E-state index >= 15 is 0 Å². The van der Waals surface area contributed by atoms with Gasteiger partial charge in [-0.05, 0) is 25.0 Å². The second-order valence-electron chi connectivity index (χ2n) is 5.07. The lowest BCUT2D eigenvalue weighted by Crippen LogP contribution is -2.27. The van der Waals surface area contributed by atoms with E-state index in [0.29, 0.717) is 5.56 Å². The van der Waals surface area contributed by atoms with Gasteiger partial charge in [0.2, 0.25) is 0 Å². The summed E-state index contributed by atoms with van der Waals surface area (Å²) < 4.78 is 5.55. The van der Waals surface area contributed by atoms with E-state index in [0.717, 1.165) is 25.7 Å². The molecule has 3 nitrogen and oxygen atoms in total. The van der Waals surface area contributed by atoms with Crippen molar-refractivity contribution in [1.82, 2.24) is 0 Å². The number of esters is 1. The van der Waals surface area contributed by atoms with E-state index in [-0.39, 0.29) is 18.5 Å². The maximum Gasteiger partial charge on any atom is 0.339 e. The first kappa shape index (κ1) is 14.6. The van der Waals surface area contributed by atoms with Crippen LogP contribution in [0, 0.1) is 17.8 Å². The van der Waals surface area contributed by atoms with Crippen molar-refractivity contribution in [3.05, 3.63) is 35.9 Å². The summed E-state index contributed by atoms with van der Waals surface area (Å²) >= 11 is 0. The van der Waals surface area contributed by atoms with Crippen LogP contribution in [0.15, 0.2) is 30.3 Å². The lowest BCUT2D eigenvalue weighted by atomic mass is 9.85. The van der Waals surface area contributed by atoms with Crippen molar-refractivity contribution in [1.29, 1.82) is 0 Å². The van der Waals surface area contributed by atoms with E-state index in [9.17, 15) is 4.79 Å². The maximum absolute atomic E-state index is 12.1. The Morgan fingerprint density at radius 2 is 1.95 bits per heavy atom. The Morgan fingerprint density at radius 1 is 1.25 bits per heavy atom. The molecule has 0 saturated heterocycles. The van der Waals surface area contributed by atoms with Crippen LogP contribution in [-0.4, -0.2) is 23.8 Å². The van der Waals surface area contributed by atoms with Gasteiger partial charge in [0.05, 0.1) is 5.56 Å².